The molecule has 1 N–H and O–H groups in total. The van der Waals surface area contributed by atoms with Crippen LogP contribution in [-0.4, -0.2) is 28.5 Å². The van der Waals surface area contributed by atoms with Crippen LogP contribution >= 0.6 is 23.2 Å². The molecule has 0 aliphatic carbocycles. The van der Waals surface area contributed by atoms with Crippen LogP contribution in [0.3, 0.4) is 0 Å². The zero-order valence-corrected chi connectivity index (χ0v) is 18.9. The summed E-state index contributed by atoms with van der Waals surface area (Å²) in [5, 5.41) is 4.74. The largest absolute Gasteiger partial charge is 0.467 e. The Balaban J connectivity index is 1.99. The van der Waals surface area contributed by atoms with Gasteiger partial charge in [0.2, 0.25) is 5.91 Å². The number of carbonyl (C=O) groups is 1. The average molecular weight is 449 g/mol. The van der Waals surface area contributed by atoms with Crippen LogP contribution in [0, 0.1) is 0 Å². The third-order valence-electron chi connectivity index (χ3n) is 4.92. The third-order valence-corrected chi connectivity index (χ3v) is 5.42. The summed E-state index contributed by atoms with van der Waals surface area (Å²) in [6.07, 6.45) is 3.50. The van der Waals surface area contributed by atoms with Crippen molar-refractivity contribution in [2.75, 3.05) is 11.4 Å². The van der Waals surface area contributed by atoms with Crippen molar-refractivity contribution in [3.8, 4) is 0 Å². The van der Waals surface area contributed by atoms with Gasteiger partial charge < -0.3 is 14.6 Å². The molecule has 0 aliphatic heterocycles. The summed E-state index contributed by atoms with van der Waals surface area (Å²) in [5.41, 5.74) is 0.649. The monoisotopic (exact) mass is 448 g/mol. The van der Waals surface area contributed by atoms with Crippen LogP contribution < -0.4 is 10.2 Å². The van der Waals surface area contributed by atoms with Crippen molar-refractivity contribution >= 4 is 45.8 Å². The maximum Gasteiger partial charge on any atom is 0.221 e. The van der Waals surface area contributed by atoms with E-state index in [1.807, 2.05) is 43.9 Å². The summed E-state index contributed by atoms with van der Waals surface area (Å²) < 4.78 is 5.55. The van der Waals surface area contributed by atoms with Crippen LogP contribution in [-0.2, 0) is 17.8 Å². The molecule has 1 aromatic carbocycles. The minimum atomic E-state index is -0.000985. The summed E-state index contributed by atoms with van der Waals surface area (Å²) in [6, 6.07) is 7.37. The number of fused-ring (bicyclic) bond motifs is 1. The predicted octanol–water partition coefficient (Wildman–Crippen LogP) is 5.40. The highest BCUT2D eigenvalue weighted by Crippen LogP contribution is 2.33. The van der Waals surface area contributed by atoms with Crippen molar-refractivity contribution in [3.63, 3.8) is 0 Å². The van der Waals surface area contributed by atoms with Crippen molar-refractivity contribution < 1.29 is 9.21 Å². The first kappa shape index (κ1) is 22.4. The molecule has 3 aromatic rings. The van der Waals surface area contributed by atoms with Gasteiger partial charge in [-0.15, -0.1) is 0 Å². The molecule has 0 saturated heterocycles. The summed E-state index contributed by atoms with van der Waals surface area (Å²) in [4.78, 5) is 23.8. The number of aryl methyl sites for hydroxylation is 1. The fourth-order valence-electron chi connectivity index (χ4n) is 3.12. The number of amides is 1. The number of anilines is 1. The Kier molecular flexibility index (Phi) is 7.56. The van der Waals surface area contributed by atoms with Crippen LogP contribution in [0.15, 0.2) is 34.9 Å². The minimum absolute atomic E-state index is 0.000985. The van der Waals surface area contributed by atoms with Gasteiger partial charge in [0.15, 0.2) is 0 Å². The summed E-state index contributed by atoms with van der Waals surface area (Å²) in [6.45, 7) is 6.95. The number of nitrogens with zero attached hydrogens (tertiary/aromatic N) is 3. The number of halogens is 2. The van der Waals surface area contributed by atoms with Crippen LogP contribution in [0.5, 0.6) is 0 Å². The lowest BCUT2D eigenvalue weighted by Crippen LogP contribution is -2.35. The van der Waals surface area contributed by atoms with Crippen LogP contribution in [0.25, 0.3) is 10.9 Å². The number of furan rings is 1. The molecule has 0 unspecified atom stereocenters. The molecule has 0 spiro atoms. The number of rotatable bonds is 9. The second-order valence-electron chi connectivity index (χ2n) is 7.23. The Labute approximate surface area is 186 Å². The molecular formula is C22H26Cl2N4O2. The van der Waals surface area contributed by atoms with Gasteiger partial charge in [0.1, 0.15) is 17.4 Å². The van der Waals surface area contributed by atoms with Crippen molar-refractivity contribution in [1.82, 2.24) is 15.3 Å². The molecule has 0 aliphatic rings. The number of carbonyl (C=O) groups excluding carboxylic acids is 1. The topological polar surface area (TPSA) is 71.3 Å². The van der Waals surface area contributed by atoms with Gasteiger partial charge in [-0.2, -0.15) is 0 Å². The molecule has 0 fully saturated rings. The highest BCUT2D eigenvalue weighted by molar-refractivity contribution is 6.38. The van der Waals surface area contributed by atoms with Gasteiger partial charge >= 0.3 is 0 Å². The lowest BCUT2D eigenvalue weighted by atomic mass is 10.2. The molecule has 1 atom stereocenters. The van der Waals surface area contributed by atoms with Gasteiger partial charge in [-0.1, -0.05) is 37.0 Å². The second-order valence-corrected chi connectivity index (χ2v) is 8.07. The number of nitrogens with one attached hydrogen (secondary N) is 1. The zero-order valence-electron chi connectivity index (χ0n) is 17.4. The first-order valence-electron chi connectivity index (χ1n) is 10.1. The minimum Gasteiger partial charge on any atom is -0.467 e. The second kappa shape index (κ2) is 10.1. The van der Waals surface area contributed by atoms with Gasteiger partial charge in [0.25, 0.3) is 0 Å². The first-order chi connectivity index (χ1) is 14.4. The standard InChI is InChI=1S/C22H26Cl2N4O2/c1-4-14(3)25-20(29)8-9-28(13-16-7-6-10-30-16)22-17-11-15(23)12-18(24)21(17)26-19(5-2)27-22/h6-7,10-12,14H,4-5,8-9,13H2,1-3H3,(H,25,29)/t14-/m1/s1. The normalized spacial score (nSPS) is 12.2. The van der Waals surface area contributed by atoms with Crippen molar-refractivity contribution in [2.24, 2.45) is 0 Å². The average Bonchev–Trinajstić information content (AvgIpc) is 3.23. The van der Waals surface area contributed by atoms with Crippen LogP contribution in [0.1, 0.15) is 45.2 Å². The molecule has 2 heterocycles. The van der Waals surface area contributed by atoms with E-state index in [1.54, 1.807) is 12.3 Å². The molecule has 8 heteroatoms. The smallest absolute Gasteiger partial charge is 0.221 e. The lowest BCUT2D eigenvalue weighted by molar-refractivity contribution is -0.121. The van der Waals surface area contributed by atoms with Gasteiger partial charge in [-0.3, -0.25) is 4.79 Å². The van der Waals surface area contributed by atoms with Gasteiger partial charge in [-0.25, -0.2) is 9.97 Å². The molecule has 0 bridgehead atoms. The van der Waals surface area contributed by atoms with Crippen molar-refractivity contribution in [3.05, 3.63) is 52.2 Å². The van der Waals surface area contributed by atoms with E-state index in [2.05, 4.69) is 10.3 Å². The quantitative estimate of drug-likeness (QED) is 0.474. The van der Waals surface area contributed by atoms with Crippen LogP contribution in [0.4, 0.5) is 5.82 Å². The number of hydrogen-bond donors (Lipinski definition) is 1. The number of hydrogen-bond acceptors (Lipinski definition) is 5. The Morgan fingerprint density at radius 1 is 1.27 bits per heavy atom. The fraction of sp³-hybridized carbons (Fsp3) is 0.409. The molecule has 0 radical (unpaired) electrons. The fourth-order valence-corrected chi connectivity index (χ4v) is 3.66. The highest BCUT2D eigenvalue weighted by Gasteiger charge is 2.19. The Morgan fingerprint density at radius 3 is 2.73 bits per heavy atom. The van der Waals surface area contributed by atoms with E-state index in [4.69, 9.17) is 32.6 Å². The summed E-state index contributed by atoms with van der Waals surface area (Å²) in [5.74, 6) is 2.14. The molecular weight excluding hydrogens is 423 g/mol. The SMILES string of the molecule is CCc1nc(N(CCC(=O)N[C@H](C)CC)Cc2ccco2)c2cc(Cl)cc(Cl)c2n1. The predicted molar refractivity (Wildman–Crippen MR) is 121 cm³/mol. The van der Waals surface area contributed by atoms with E-state index in [0.29, 0.717) is 53.1 Å². The lowest BCUT2D eigenvalue weighted by Gasteiger charge is -2.25. The maximum atomic E-state index is 12.4. The maximum absolute atomic E-state index is 12.4. The van der Waals surface area contributed by atoms with Gasteiger partial charge in [0.05, 0.1) is 23.3 Å². The number of aromatic nitrogens is 2. The zero-order chi connectivity index (χ0) is 21.7. The Hall–Kier alpha value is -2.31. The van der Waals surface area contributed by atoms with E-state index in [9.17, 15) is 4.79 Å². The van der Waals surface area contributed by atoms with Crippen molar-refractivity contribution in [2.45, 2.75) is 52.6 Å². The van der Waals surface area contributed by atoms with Crippen molar-refractivity contribution in [1.29, 1.82) is 0 Å². The first-order valence-corrected chi connectivity index (χ1v) is 10.9. The summed E-state index contributed by atoms with van der Waals surface area (Å²) >= 11 is 12.7. The van der Waals surface area contributed by atoms with E-state index < -0.39 is 0 Å². The summed E-state index contributed by atoms with van der Waals surface area (Å²) in [7, 11) is 0. The Morgan fingerprint density at radius 2 is 2.07 bits per heavy atom. The highest BCUT2D eigenvalue weighted by atomic mass is 35.5. The molecule has 2 aromatic heterocycles. The van der Waals surface area contributed by atoms with E-state index in [0.717, 1.165) is 17.6 Å². The van der Waals surface area contributed by atoms with Gasteiger partial charge in [0, 0.05) is 35.8 Å². The third kappa shape index (κ3) is 5.43. The van der Waals surface area contributed by atoms with Gasteiger partial charge in [-0.05, 0) is 37.6 Å². The molecule has 6 nitrogen and oxygen atoms in total. The molecule has 0 saturated carbocycles. The molecule has 1 amide bonds. The molecule has 30 heavy (non-hydrogen) atoms. The van der Waals surface area contributed by atoms with E-state index >= 15 is 0 Å². The van der Waals surface area contributed by atoms with E-state index in [-0.39, 0.29) is 11.9 Å². The Bertz CT molecular complexity index is 1010. The van der Waals surface area contributed by atoms with E-state index in [1.165, 1.54) is 0 Å². The molecule has 160 valence electrons. The molecule has 3 rings (SSSR count). The van der Waals surface area contributed by atoms with Crippen LogP contribution in [0.2, 0.25) is 10.0 Å². The number of benzene rings is 1.